The summed E-state index contributed by atoms with van der Waals surface area (Å²) in [6.45, 7) is 2.02. The molecule has 0 saturated heterocycles. The lowest BCUT2D eigenvalue weighted by molar-refractivity contribution is -0.140. The standard InChI is InChI=1S/C10H18N2O4/c1-2-10(3-4-10)6-11-9(16)12-7(5-13)8(14)15/h7,13H,2-6H2,1H3,(H,14,15)(H2,11,12,16)/t7-/m0/s1. The number of carbonyl (C=O) groups is 2. The Morgan fingerprint density at radius 3 is 2.44 bits per heavy atom. The van der Waals surface area contributed by atoms with E-state index in [1.807, 2.05) is 0 Å². The van der Waals surface area contributed by atoms with Gasteiger partial charge in [0, 0.05) is 6.54 Å². The van der Waals surface area contributed by atoms with Gasteiger partial charge in [-0.2, -0.15) is 0 Å². The van der Waals surface area contributed by atoms with Gasteiger partial charge >= 0.3 is 12.0 Å². The monoisotopic (exact) mass is 230 g/mol. The molecule has 1 fully saturated rings. The van der Waals surface area contributed by atoms with Crippen LogP contribution in [0.4, 0.5) is 4.79 Å². The topological polar surface area (TPSA) is 98.7 Å². The largest absolute Gasteiger partial charge is 0.480 e. The summed E-state index contributed by atoms with van der Waals surface area (Å²) in [6, 6.07) is -1.78. The molecule has 0 aromatic carbocycles. The van der Waals surface area contributed by atoms with E-state index in [0.29, 0.717) is 6.54 Å². The molecule has 4 N–H and O–H groups in total. The second kappa shape index (κ2) is 5.16. The summed E-state index contributed by atoms with van der Waals surface area (Å²) in [5, 5.41) is 22.1. The second-order valence-electron chi connectivity index (χ2n) is 4.25. The van der Waals surface area contributed by atoms with Gasteiger partial charge in [0.25, 0.3) is 0 Å². The zero-order valence-corrected chi connectivity index (χ0v) is 9.32. The van der Waals surface area contributed by atoms with Crippen LogP contribution in [0, 0.1) is 5.41 Å². The summed E-state index contributed by atoms with van der Waals surface area (Å²) in [5.41, 5.74) is 0.218. The predicted octanol–water partition coefficient (Wildman–Crippen LogP) is -0.0787. The minimum absolute atomic E-state index is 0.218. The number of nitrogens with one attached hydrogen (secondary N) is 2. The van der Waals surface area contributed by atoms with Gasteiger partial charge in [0.2, 0.25) is 0 Å². The van der Waals surface area contributed by atoms with Crippen molar-refractivity contribution in [2.75, 3.05) is 13.2 Å². The zero-order valence-electron chi connectivity index (χ0n) is 9.32. The van der Waals surface area contributed by atoms with E-state index in [1.165, 1.54) is 0 Å². The minimum Gasteiger partial charge on any atom is -0.480 e. The summed E-state index contributed by atoms with van der Waals surface area (Å²) >= 11 is 0. The maximum Gasteiger partial charge on any atom is 0.328 e. The molecular formula is C10H18N2O4. The van der Waals surface area contributed by atoms with Crippen LogP contribution in [0.2, 0.25) is 0 Å². The van der Waals surface area contributed by atoms with Crippen LogP contribution in [0.5, 0.6) is 0 Å². The molecule has 1 atom stereocenters. The van der Waals surface area contributed by atoms with Crippen molar-refractivity contribution in [1.82, 2.24) is 10.6 Å². The third kappa shape index (κ3) is 3.37. The first kappa shape index (κ1) is 12.8. The molecule has 0 spiro atoms. The van der Waals surface area contributed by atoms with E-state index in [0.717, 1.165) is 19.3 Å². The molecule has 0 aliphatic heterocycles. The minimum atomic E-state index is -1.24. The summed E-state index contributed by atoms with van der Waals surface area (Å²) in [4.78, 5) is 21.8. The highest BCUT2D eigenvalue weighted by atomic mass is 16.4. The SMILES string of the molecule is CCC1(CNC(=O)N[C@@H](CO)C(=O)O)CC1. The molecule has 0 aromatic rings. The van der Waals surface area contributed by atoms with Crippen molar-refractivity contribution in [3.8, 4) is 0 Å². The smallest absolute Gasteiger partial charge is 0.328 e. The summed E-state index contributed by atoms with van der Waals surface area (Å²) < 4.78 is 0. The number of carboxylic acids is 1. The molecule has 2 amide bonds. The summed E-state index contributed by atoms with van der Waals surface area (Å²) in [5.74, 6) is -1.24. The molecule has 1 aliphatic carbocycles. The highest BCUT2D eigenvalue weighted by Crippen LogP contribution is 2.47. The molecule has 0 radical (unpaired) electrons. The number of carbonyl (C=O) groups excluding carboxylic acids is 1. The number of amides is 2. The van der Waals surface area contributed by atoms with Crippen LogP contribution in [-0.2, 0) is 4.79 Å². The first-order valence-electron chi connectivity index (χ1n) is 5.41. The Labute approximate surface area is 94.0 Å². The third-order valence-corrected chi connectivity index (χ3v) is 3.12. The van der Waals surface area contributed by atoms with Crippen molar-refractivity contribution >= 4 is 12.0 Å². The van der Waals surface area contributed by atoms with Gasteiger partial charge in [-0.25, -0.2) is 9.59 Å². The Bertz CT molecular complexity index is 276. The Hall–Kier alpha value is -1.30. The van der Waals surface area contributed by atoms with Gasteiger partial charge in [-0.15, -0.1) is 0 Å². The van der Waals surface area contributed by atoms with Crippen LogP contribution >= 0.6 is 0 Å². The maximum atomic E-state index is 11.3. The van der Waals surface area contributed by atoms with Crippen LogP contribution in [0.15, 0.2) is 0 Å². The first-order valence-corrected chi connectivity index (χ1v) is 5.41. The molecule has 1 aliphatic rings. The number of urea groups is 1. The fourth-order valence-corrected chi connectivity index (χ4v) is 1.49. The Morgan fingerprint density at radius 2 is 2.06 bits per heavy atom. The quantitative estimate of drug-likeness (QED) is 0.513. The van der Waals surface area contributed by atoms with Gasteiger partial charge in [-0.3, -0.25) is 0 Å². The molecule has 0 unspecified atom stereocenters. The molecule has 6 nitrogen and oxygen atoms in total. The van der Waals surface area contributed by atoms with E-state index in [-0.39, 0.29) is 5.41 Å². The van der Waals surface area contributed by atoms with Crippen molar-refractivity contribution in [2.45, 2.75) is 32.2 Å². The van der Waals surface area contributed by atoms with Crippen molar-refractivity contribution < 1.29 is 19.8 Å². The maximum absolute atomic E-state index is 11.3. The molecule has 1 saturated carbocycles. The average Bonchev–Trinajstić information content (AvgIpc) is 3.03. The van der Waals surface area contributed by atoms with Crippen molar-refractivity contribution in [3.05, 3.63) is 0 Å². The number of hydrogen-bond donors (Lipinski definition) is 4. The Kier molecular flexibility index (Phi) is 4.12. The van der Waals surface area contributed by atoms with Gasteiger partial charge in [-0.05, 0) is 24.7 Å². The second-order valence-corrected chi connectivity index (χ2v) is 4.25. The van der Waals surface area contributed by atoms with E-state index in [9.17, 15) is 9.59 Å². The lowest BCUT2D eigenvalue weighted by atomic mass is 10.0. The molecule has 6 heteroatoms. The van der Waals surface area contributed by atoms with Crippen molar-refractivity contribution in [2.24, 2.45) is 5.41 Å². The van der Waals surface area contributed by atoms with Crippen LogP contribution < -0.4 is 10.6 Å². The van der Waals surface area contributed by atoms with Crippen molar-refractivity contribution in [3.63, 3.8) is 0 Å². The third-order valence-electron chi connectivity index (χ3n) is 3.12. The van der Waals surface area contributed by atoms with Crippen LogP contribution in [0.25, 0.3) is 0 Å². The van der Waals surface area contributed by atoms with Crippen LogP contribution in [-0.4, -0.2) is 41.4 Å². The predicted molar refractivity (Wildman–Crippen MR) is 57.0 cm³/mol. The van der Waals surface area contributed by atoms with E-state index in [4.69, 9.17) is 10.2 Å². The fourth-order valence-electron chi connectivity index (χ4n) is 1.49. The molecule has 1 rings (SSSR count). The van der Waals surface area contributed by atoms with Gasteiger partial charge in [0.15, 0.2) is 6.04 Å². The van der Waals surface area contributed by atoms with E-state index in [1.54, 1.807) is 0 Å². The zero-order chi connectivity index (χ0) is 12.2. The number of rotatable bonds is 6. The number of aliphatic hydroxyl groups is 1. The van der Waals surface area contributed by atoms with Gasteiger partial charge in [-0.1, -0.05) is 6.92 Å². The van der Waals surface area contributed by atoms with Crippen LogP contribution in [0.1, 0.15) is 26.2 Å². The average molecular weight is 230 g/mol. The molecule has 0 heterocycles. The lowest BCUT2D eigenvalue weighted by Gasteiger charge is -2.16. The number of aliphatic carboxylic acids is 1. The number of carboxylic acid groups (broad SMARTS) is 1. The van der Waals surface area contributed by atoms with E-state index in [2.05, 4.69) is 17.6 Å². The Balaban J connectivity index is 2.27. The molecule has 0 aromatic heterocycles. The molecule has 0 bridgehead atoms. The first-order chi connectivity index (χ1) is 7.53. The highest BCUT2D eigenvalue weighted by molar-refractivity contribution is 5.82. The number of aliphatic hydroxyl groups excluding tert-OH is 1. The van der Waals surface area contributed by atoms with E-state index >= 15 is 0 Å². The van der Waals surface area contributed by atoms with Crippen molar-refractivity contribution in [1.29, 1.82) is 0 Å². The molecule has 16 heavy (non-hydrogen) atoms. The fraction of sp³-hybridized carbons (Fsp3) is 0.800. The van der Waals surface area contributed by atoms with Gasteiger partial charge in [0.1, 0.15) is 0 Å². The highest BCUT2D eigenvalue weighted by Gasteiger charge is 2.40. The number of hydrogen-bond acceptors (Lipinski definition) is 3. The van der Waals surface area contributed by atoms with Gasteiger partial charge in [0.05, 0.1) is 6.61 Å². The van der Waals surface area contributed by atoms with E-state index < -0.39 is 24.6 Å². The summed E-state index contributed by atoms with van der Waals surface area (Å²) in [6.07, 6.45) is 3.22. The Morgan fingerprint density at radius 1 is 1.44 bits per heavy atom. The molecule has 92 valence electrons. The van der Waals surface area contributed by atoms with Gasteiger partial charge < -0.3 is 20.8 Å². The van der Waals surface area contributed by atoms with Crippen LogP contribution in [0.3, 0.4) is 0 Å². The normalized spacial score (nSPS) is 18.6. The summed E-state index contributed by atoms with van der Waals surface area (Å²) in [7, 11) is 0. The lowest BCUT2D eigenvalue weighted by Crippen LogP contribution is -2.48. The molecular weight excluding hydrogens is 212 g/mol.